The maximum atomic E-state index is 11.1. The molecule has 1 aromatic heterocycles. The minimum atomic E-state index is -0.867. The summed E-state index contributed by atoms with van der Waals surface area (Å²) in [5.74, 6) is -0.0107. The van der Waals surface area contributed by atoms with Crippen LogP contribution in [0.5, 0.6) is 5.75 Å². The first-order valence-electron chi connectivity index (χ1n) is 6.65. The number of carbonyl (C=O) groups is 1. The molecule has 7 nitrogen and oxygen atoms in total. The van der Waals surface area contributed by atoms with Gasteiger partial charge < -0.3 is 9.84 Å². The van der Waals surface area contributed by atoms with Crippen molar-refractivity contribution in [2.75, 3.05) is 7.11 Å². The summed E-state index contributed by atoms with van der Waals surface area (Å²) >= 11 is 0. The topological polar surface area (TPSA) is 90.1 Å². The molecule has 2 aromatic rings. The van der Waals surface area contributed by atoms with E-state index in [4.69, 9.17) is 9.84 Å². The number of hydrogen-bond donors (Lipinski definition) is 1. The van der Waals surface area contributed by atoms with E-state index >= 15 is 0 Å². The summed E-state index contributed by atoms with van der Waals surface area (Å²) < 4.78 is 6.69. The number of ether oxygens (including phenoxy) is 1. The fourth-order valence-corrected chi connectivity index (χ4v) is 1.99. The lowest BCUT2D eigenvalue weighted by Gasteiger charge is -2.17. The molecule has 21 heavy (non-hydrogen) atoms. The standard InChI is InChI=1S/C14H18N4O3/c1-9(14(19)20)10(2)18-13(15-16-17-18)8-11-4-6-12(21-3)7-5-11/h4-7,9-10H,8H2,1-3H3,(H,19,20). The highest BCUT2D eigenvalue weighted by Crippen LogP contribution is 2.19. The molecule has 0 saturated carbocycles. The van der Waals surface area contributed by atoms with Crippen LogP contribution in [0.3, 0.4) is 0 Å². The van der Waals surface area contributed by atoms with Gasteiger partial charge in [0.1, 0.15) is 5.75 Å². The Kier molecular flexibility index (Phi) is 4.52. The smallest absolute Gasteiger partial charge is 0.308 e. The van der Waals surface area contributed by atoms with Crippen LogP contribution in [-0.4, -0.2) is 38.4 Å². The van der Waals surface area contributed by atoms with Crippen molar-refractivity contribution in [3.8, 4) is 5.75 Å². The molecule has 1 N–H and O–H groups in total. The molecule has 1 heterocycles. The van der Waals surface area contributed by atoms with Gasteiger partial charge in [-0.25, -0.2) is 4.68 Å². The van der Waals surface area contributed by atoms with E-state index in [-0.39, 0.29) is 6.04 Å². The quantitative estimate of drug-likeness (QED) is 0.868. The van der Waals surface area contributed by atoms with Crippen molar-refractivity contribution in [1.82, 2.24) is 20.2 Å². The molecule has 7 heteroatoms. The largest absolute Gasteiger partial charge is 0.497 e. The van der Waals surface area contributed by atoms with Gasteiger partial charge in [0.2, 0.25) is 0 Å². The third-order valence-corrected chi connectivity index (χ3v) is 3.58. The number of aliphatic carboxylic acids is 1. The third-order valence-electron chi connectivity index (χ3n) is 3.58. The van der Waals surface area contributed by atoms with Crippen molar-refractivity contribution in [2.45, 2.75) is 26.3 Å². The molecule has 0 aliphatic rings. The maximum absolute atomic E-state index is 11.1. The summed E-state index contributed by atoms with van der Waals surface area (Å²) in [7, 11) is 1.62. The van der Waals surface area contributed by atoms with Crippen LogP contribution in [-0.2, 0) is 11.2 Å². The van der Waals surface area contributed by atoms with E-state index in [1.807, 2.05) is 24.3 Å². The van der Waals surface area contributed by atoms with Crippen LogP contribution in [0.4, 0.5) is 0 Å². The van der Waals surface area contributed by atoms with E-state index in [0.717, 1.165) is 11.3 Å². The Morgan fingerprint density at radius 1 is 1.33 bits per heavy atom. The molecule has 0 fully saturated rings. The van der Waals surface area contributed by atoms with Crippen molar-refractivity contribution in [1.29, 1.82) is 0 Å². The first-order valence-corrected chi connectivity index (χ1v) is 6.65. The Morgan fingerprint density at radius 3 is 2.57 bits per heavy atom. The van der Waals surface area contributed by atoms with Crippen LogP contribution in [0.2, 0.25) is 0 Å². The first-order chi connectivity index (χ1) is 10.0. The van der Waals surface area contributed by atoms with E-state index in [2.05, 4.69) is 15.5 Å². The van der Waals surface area contributed by atoms with Gasteiger partial charge >= 0.3 is 5.97 Å². The number of tetrazole rings is 1. The molecule has 112 valence electrons. The predicted octanol–water partition coefficient (Wildman–Crippen LogP) is 1.55. The van der Waals surface area contributed by atoms with E-state index in [9.17, 15) is 4.79 Å². The second-order valence-corrected chi connectivity index (χ2v) is 4.93. The van der Waals surface area contributed by atoms with Gasteiger partial charge in [0.15, 0.2) is 5.82 Å². The maximum Gasteiger partial charge on any atom is 0.308 e. The van der Waals surface area contributed by atoms with Crippen molar-refractivity contribution in [2.24, 2.45) is 5.92 Å². The first kappa shape index (κ1) is 15.0. The summed E-state index contributed by atoms with van der Waals surface area (Å²) in [6, 6.07) is 7.29. The molecule has 0 amide bonds. The van der Waals surface area contributed by atoms with Gasteiger partial charge in [-0.15, -0.1) is 5.10 Å². The van der Waals surface area contributed by atoms with Crippen LogP contribution in [0.1, 0.15) is 31.3 Å². The van der Waals surface area contributed by atoms with Crippen molar-refractivity contribution in [3.05, 3.63) is 35.7 Å². The van der Waals surface area contributed by atoms with Gasteiger partial charge in [-0.3, -0.25) is 4.79 Å². The summed E-state index contributed by atoms with van der Waals surface area (Å²) in [4.78, 5) is 11.1. The molecule has 2 unspecified atom stereocenters. The van der Waals surface area contributed by atoms with E-state index < -0.39 is 11.9 Å². The second kappa shape index (κ2) is 6.34. The monoisotopic (exact) mass is 290 g/mol. The molecule has 0 aliphatic heterocycles. The molecular weight excluding hydrogens is 272 g/mol. The molecule has 0 spiro atoms. The van der Waals surface area contributed by atoms with E-state index in [0.29, 0.717) is 12.2 Å². The number of carboxylic acid groups (broad SMARTS) is 1. The minimum absolute atomic E-state index is 0.314. The van der Waals surface area contributed by atoms with Crippen LogP contribution >= 0.6 is 0 Å². The van der Waals surface area contributed by atoms with Crippen LogP contribution < -0.4 is 4.74 Å². The molecule has 0 bridgehead atoms. The Labute approximate surface area is 122 Å². The Hall–Kier alpha value is -2.44. The Bertz CT molecular complexity index is 609. The van der Waals surface area contributed by atoms with Gasteiger partial charge in [-0.1, -0.05) is 12.1 Å². The number of hydrogen-bond acceptors (Lipinski definition) is 5. The lowest BCUT2D eigenvalue weighted by molar-refractivity contribution is -0.142. The fourth-order valence-electron chi connectivity index (χ4n) is 1.99. The summed E-state index contributed by atoms with van der Waals surface area (Å²) in [5, 5.41) is 20.7. The highest BCUT2D eigenvalue weighted by Gasteiger charge is 2.24. The molecule has 0 saturated heterocycles. The van der Waals surface area contributed by atoms with Crippen molar-refractivity contribution >= 4 is 5.97 Å². The molecule has 0 aliphatic carbocycles. The second-order valence-electron chi connectivity index (χ2n) is 4.93. The van der Waals surface area contributed by atoms with Crippen LogP contribution in [0.15, 0.2) is 24.3 Å². The van der Waals surface area contributed by atoms with Gasteiger partial charge in [-0.2, -0.15) is 0 Å². The molecular formula is C14H18N4O3. The highest BCUT2D eigenvalue weighted by atomic mass is 16.5. The zero-order valence-corrected chi connectivity index (χ0v) is 12.2. The van der Waals surface area contributed by atoms with Crippen LogP contribution in [0, 0.1) is 5.92 Å². The van der Waals surface area contributed by atoms with Crippen molar-refractivity contribution < 1.29 is 14.6 Å². The van der Waals surface area contributed by atoms with Gasteiger partial charge in [-0.05, 0) is 42.0 Å². The third kappa shape index (κ3) is 3.36. The number of nitrogens with zero attached hydrogens (tertiary/aromatic N) is 4. The van der Waals surface area contributed by atoms with Gasteiger partial charge in [0.05, 0.1) is 19.1 Å². The lowest BCUT2D eigenvalue weighted by atomic mass is 10.0. The lowest BCUT2D eigenvalue weighted by Crippen LogP contribution is -2.24. The number of aromatic nitrogens is 4. The zero-order valence-electron chi connectivity index (χ0n) is 12.2. The number of rotatable bonds is 6. The van der Waals surface area contributed by atoms with Gasteiger partial charge in [0, 0.05) is 6.42 Å². The summed E-state index contributed by atoms with van der Waals surface area (Å²) in [6.45, 7) is 3.44. The summed E-state index contributed by atoms with van der Waals surface area (Å²) in [5.41, 5.74) is 1.03. The predicted molar refractivity (Wildman–Crippen MR) is 75.1 cm³/mol. The Morgan fingerprint density at radius 2 is 2.00 bits per heavy atom. The number of benzene rings is 1. The van der Waals surface area contributed by atoms with Gasteiger partial charge in [0.25, 0.3) is 0 Å². The summed E-state index contributed by atoms with van der Waals surface area (Å²) in [6.07, 6.45) is 0.535. The average molecular weight is 290 g/mol. The number of carboxylic acids is 1. The normalized spacial score (nSPS) is 13.7. The minimum Gasteiger partial charge on any atom is -0.497 e. The fraction of sp³-hybridized carbons (Fsp3) is 0.429. The van der Waals surface area contributed by atoms with E-state index in [1.54, 1.807) is 25.6 Å². The van der Waals surface area contributed by atoms with Crippen LogP contribution in [0.25, 0.3) is 0 Å². The Balaban J connectivity index is 2.18. The molecule has 0 radical (unpaired) electrons. The molecule has 1 aromatic carbocycles. The number of methoxy groups -OCH3 is 1. The SMILES string of the molecule is COc1ccc(Cc2nnnn2C(C)C(C)C(=O)O)cc1. The average Bonchev–Trinajstić information content (AvgIpc) is 2.94. The van der Waals surface area contributed by atoms with E-state index in [1.165, 1.54) is 0 Å². The van der Waals surface area contributed by atoms with Crippen molar-refractivity contribution in [3.63, 3.8) is 0 Å². The molecule has 2 rings (SSSR count). The zero-order chi connectivity index (χ0) is 15.4. The molecule has 2 atom stereocenters. The highest BCUT2D eigenvalue weighted by molar-refractivity contribution is 5.70.